The quantitative estimate of drug-likeness (QED) is 0.548. The first-order valence-electron chi connectivity index (χ1n) is 7.02. The molecule has 23 heavy (non-hydrogen) atoms. The minimum absolute atomic E-state index is 0.0945. The van der Waals surface area contributed by atoms with E-state index in [1.54, 1.807) is 48.7 Å². The SMILES string of the molecule is O=c1c2ccccc2nnn1Cc1cc(=O)n2ccccc2n1. The van der Waals surface area contributed by atoms with Crippen LogP contribution in [0.1, 0.15) is 5.69 Å². The van der Waals surface area contributed by atoms with Crippen molar-refractivity contribution in [2.45, 2.75) is 6.54 Å². The third kappa shape index (κ3) is 2.28. The van der Waals surface area contributed by atoms with Crippen molar-refractivity contribution in [2.75, 3.05) is 0 Å². The second-order valence-corrected chi connectivity index (χ2v) is 5.08. The summed E-state index contributed by atoms with van der Waals surface area (Å²) in [6.07, 6.45) is 1.65. The minimum Gasteiger partial charge on any atom is -0.269 e. The van der Waals surface area contributed by atoms with E-state index in [-0.39, 0.29) is 17.7 Å². The van der Waals surface area contributed by atoms with Crippen LogP contribution in [-0.2, 0) is 6.54 Å². The molecule has 0 amide bonds. The lowest BCUT2D eigenvalue weighted by molar-refractivity contribution is 0.591. The third-order valence-electron chi connectivity index (χ3n) is 3.57. The summed E-state index contributed by atoms with van der Waals surface area (Å²) in [5.41, 5.74) is 1.07. The van der Waals surface area contributed by atoms with Crippen molar-refractivity contribution >= 4 is 16.6 Å². The molecule has 0 radical (unpaired) electrons. The fraction of sp³-hybridized carbons (Fsp3) is 0.0625. The molecule has 112 valence electrons. The largest absolute Gasteiger partial charge is 0.277 e. The molecule has 4 aromatic rings. The van der Waals surface area contributed by atoms with E-state index in [0.29, 0.717) is 22.2 Å². The molecule has 3 aromatic heterocycles. The molecule has 7 nitrogen and oxygen atoms in total. The van der Waals surface area contributed by atoms with Gasteiger partial charge in [0.05, 0.1) is 17.6 Å². The predicted molar refractivity (Wildman–Crippen MR) is 84.4 cm³/mol. The van der Waals surface area contributed by atoms with Gasteiger partial charge in [0.25, 0.3) is 11.1 Å². The van der Waals surface area contributed by atoms with E-state index in [1.807, 2.05) is 0 Å². The molecule has 0 aliphatic carbocycles. The maximum atomic E-state index is 12.4. The van der Waals surface area contributed by atoms with Crippen molar-refractivity contribution in [1.82, 2.24) is 24.4 Å². The zero-order chi connectivity index (χ0) is 15.8. The van der Waals surface area contributed by atoms with E-state index in [0.717, 1.165) is 0 Å². The lowest BCUT2D eigenvalue weighted by Gasteiger charge is -2.06. The van der Waals surface area contributed by atoms with Crippen LogP contribution in [0, 0.1) is 0 Å². The number of fused-ring (bicyclic) bond motifs is 2. The van der Waals surface area contributed by atoms with Crippen molar-refractivity contribution in [2.24, 2.45) is 0 Å². The van der Waals surface area contributed by atoms with Gasteiger partial charge in [0, 0.05) is 12.3 Å². The predicted octanol–water partition coefficient (Wildman–Crippen LogP) is 0.848. The van der Waals surface area contributed by atoms with E-state index in [1.165, 1.54) is 15.1 Å². The normalized spacial score (nSPS) is 11.1. The number of nitrogens with zero attached hydrogens (tertiary/aromatic N) is 5. The summed E-state index contributed by atoms with van der Waals surface area (Å²) >= 11 is 0. The van der Waals surface area contributed by atoms with Gasteiger partial charge in [0.15, 0.2) is 0 Å². The van der Waals surface area contributed by atoms with Gasteiger partial charge >= 0.3 is 0 Å². The minimum atomic E-state index is -0.259. The Bertz CT molecular complexity index is 1150. The molecule has 0 aliphatic heterocycles. The van der Waals surface area contributed by atoms with Gasteiger partial charge in [0.2, 0.25) is 0 Å². The highest BCUT2D eigenvalue weighted by Crippen LogP contribution is 2.04. The van der Waals surface area contributed by atoms with Gasteiger partial charge in [-0.3, -0.25) is 14.0 Å². The van der Waals surface area contributed by atoms with E-state index in [9.17, 15) is 9.59 Å². The fourth-order valence-corrected chi connectivity index (χ4v) is 2.46. The van der Waals surface area contributed by atoms with Crippen LogP contribution >= 0.6 is 0 Å². The zero-order valence-electron chi connectivity index (χ0n) is 12.0. The fourth-order valence-electron chi connectivity index (χ4n) is 2.46. The molecule has 0 aliphatic rings. The Labute approximate surface area is 129 Å². The van der Waals surface area contributed by atoms with Crippen molar-refractivity contribution in [3.8, 4) is 0 Å². The number of pyridine rings is 1. The average Bonchev–Trinajstić information content (AvgIpc) is 2.58. The number of benzene rings is 1. The first-order valence-corrected chi connectivity index (χ1v) is 7.02. The molecule has 0 fully saturated rings. The van der Waals surface area contributed by atoms with Crippen LogP contribution in [0.4, 0.5) is 0 Å². The number of rotatable bonds is 2. The van der Waals surface area contributed by atoms with Crippen molar-refractivity contribution in [3.63, 3.8) is 0 Å². The number of hydrogen-bond acceptors (Lipinski definition) is 5. The topological polar surface area (TPSA) is 82.1 Å². The Morgan fingerprint density at radius 2 is 1.83 bits per heavy atom. The summed E-state index contributed by atoms with van der Waals surface area (Å²) in [6, 6.07) is 13.7. The summed E-state index contributed by atoms with van der Waals surface area (Å²) in [7, 11) is 0. The van der Waals surface area contributed by atoms with Gasteiger partial charge in [-0.05, 0) is 24.3 Å². The Kier molecular flexibility index (Phi) is 2.97. The molecule has 0 bridgehead atoms. The first-order chi connectivity index (χ1) is 11.2. The van der Waals surface area contributed by atoms with Crippen LogP contribution < -0.4 is 11.1 Å². The molecule has 3 heterocycles. The van der Waals surface area contributed by atoms with E-state index in [2.05, 4.69) is 15.3 Å². The second kappa shape index (κ2) is 5.13. The number of aromatic nitrogens is 5. The Morgan fingerprint density at radius 1 is 1.00 bits per heavy atom. The second-order valence-electron chi connectivity index (χ2n) is 5.08. The van der Waals surface area contributed by atoms with E-state index < -0.39 is 0 Å². The highest BCUT2D eigenvalue weighted by atomic mass is 16.1. The molecule has 0 N–H and O–H groups in total. The molecule has 0 spiro atoms. The van der Waals surface area contributed by atoms with Crippen LogP contribution in [0.3, 0.4) is 0 Å². The summed E-state index contributed by atoms with van der Waals surface area (Å²) < 4.78 is 2.65. The molecular formula is C16H11N5O2. The lowest BCUT2D eigenvalue weighted by Crippen LogP contribution is -2.26. The third-order valence-corrected chi connectivity index (χ3v) is 3.57. The van der Waals surface area contributed by atoms with E-state index in [4.69, 9.17) is 0 Å². The van der Waals surface area contributed by atoms with Gasteiger partial charge < -0.3 is 0 Å². The van der Waals surface area contributed by atoms with E-state index >= 15 is 0 Å². The maximum absolute atomic E-state index is 12.4. The zero-order valence-corrected chi connectivity index (χ0v) is 12.0. The van der Waals surface area contributed by atoms with Crippen LogP contribution in [0.25, 0.3) is 16.6 Å². The van der Waals surface area contributed by atoms with Crippen molar-refractivity contribution in [1.29, 1.82) is 0 Å². The summed E-state index contributed by atoms with van der Waals surface area (Å²) in [4.78, 5) is 28.9. The van der Waals surface area contributed by atoms with Gasteiger partial charge in [-0.25, -0.2) is 9.67 Å². The maximum Gasteiger partial charge on any atom is 0.277 e. The van der Waals surface area contributed by atoms with Crippen LogP contribution in [0.2, 0.25) is 0 Å². The standard InChI is InChI=1S/C16H11N5O2/c22-15-9-11(17-14-7-3-4-8-20(14)15)10-21-16(23)12-5-1-2-6-13(12)18-19-21/h1-9H,10H2. The Balaban J connectivity index is 1.83. The van der Waals surface area contributed by atoms with Gasteiger partial charge in [-0.15, -0.1) is 5.10 Å². The smallest absolute Gasteiger partial charge is 0.269 e. The molecule has 0 saturated carbocycles. The molecular weight excluding hydrogens is 294 g/mol. The summed E-state index contributed by atoms with van der Waals surface area (Å²) in [6.45, 7) is 0.0945. The van der Waals surface area contributed by atoms with Crippen LogP contribution in [0.15, 0.2) is 64.3 Å². The molecule has 0 saturated heterocycles. The highest BCUT2D eigenvalue weighted by Gasteiger charge is 2.08. The van der Waals surface area contributed by atoms with Gasteiger partial charge in [-0.1, -0.05) is 23.4 Å². The van der Waals surface area contributed by atoms with Crippen molar-refractivity contribution in [3.05, 3.63) is 81.1 Å². The van der Waals surface area contributed by atoms with Crippen LogP contribution in [-0.4, -0.2) is 24.4 Å². The molecule has 7 heteroatoms. The summed E-state index contributed by atoms with van der Waals surface area (Å²) in [5, 5.41) is 8.43. The van der Waals surface area contributed by atoms with Gasteiger partial charge in [-0.2, -0.15) is 0 Å². The Morgan fingerprint density at radius 3 is 2.74 bits per heavy atom. The molecule has 0 atom stereocenters. The first kappa shape index (κ1) is 13.3. The molecule has 0 unspecified atom stereocenters. The van der Waals surface area contributed by atoms with Crippen molar-refractivity contribution < 1.29 is 0 Å². The monoisotopic (exact) mass is 305 g/mol. The molecule has 1 aromatic carbocycles. The lowest BCUT2D eigenvalue weighted by atomic mass is 10.2. The highest BCUT2D eigenvalue weighted by molar-refractivity contribution is 5.76. The Hall–Kier alpha value is -3.35. The summed E-state index contributed by atoms with van der Waals surface area (Å²) in [5.74, 6) is 0. The average molecular weight is 305 g/mol. The number of hydrogen-bond donors (Lipinski definition) is 0. The van der Waals surface area contributed by atoms with Crippen LogP contribution in [0.5, 0.6) is 0 Å². The van der Waals surface area contributed by atoms with Gasteiger partial charge in [0.1, 0.15) is 11.2 Å². The molecule has 4 rings (SSSR count).